The Bertz CT molecular complexity index is 3780. The summed E-state index contributed by atoms with van der Waals surface area (Å²) in [6.07, 6.45) is 0. The molecule has 1 spiro atoms. The van der Waals surface area contributed by atoms with Crippen molar-refractivity contribution in [3.63, 3.8) is 0 Å². The number of benzene rings is 9. The van der Waals surface area contributed by atoms with Crippen LogP contribution in [0.15, 0.2) is 205 Å². The van der Waals surface area contributed by atoms with E-state index in [1.165, 1.54) is 66.1 Å². The average Bonchev–Trinajstić information content (AvgIpc) is 4.04. The second-order valence-corrected chi connectivity index (χ2v) is 16.4. The standard InChI is InChI=1S/C57H33N3O/c1-3-16-35(17-4-1)54-53-42-23-11-14-26-51(42)61-56(53)59-55(58-54)36-27-29-41-43-32-44-48(33-50(43)60(49(41)31-36)37-18-5-2-6-19-37)57(47-30-28-34-15-7-8-20-38(34)52(44)47)45-24-12-9-21-39(45)40-22-10-13-25-46(40)57/h1-33H. The van der Waals surface area contributed by atoms with E-state index in [0.717, 1.165) is 49.9 Å². The van der Waals surface area contributed by atoms with Crippen molar-refractivity contribution in [2.75, 3.05) is 0 Å². The van der Waals surface area contributed by atoms with Crippen LogP contribution in [0.2, 0.25) is 0 Å². The van der Waals surface area contributed by atoms with Gasteiger partial charge >= 0.3 is 0 Å². The minimum atomic E-state index is -0.483. The highest BCUT2D eigenvalue weighted by Crippen LogP contribution is 2.64. The van der Waals surface area contributed by atoms with Crippen LogP contribution in [-0.4, -0.2) is 14.5 Å². The van der Waals surface area contributed by atoms with Gasteiger partial charge in [-0.3, -0.25) is 0 Å². The molecule has 282 valence electrons. The van der Waals surface area contributed by atoms with E-state index in [-0.39, 0.29) is 0 Å². The number of para-hydroxylation sites is 2. The quantitative estimate of drug-likeness (QED) is 0.180. The molecule has 4 heteroatoms. The average molecular weight is 776 g/mol. The molecule has 0 atom stereocenters. The maximum atomic E-state index is 6.45. The Morgan fingerprint density at radius 3 is 1.90 bits per heavy atom. The Hall–Kier alpha value is -8.08. The predicted octanol–water partition coefficient (Wildman–Crippen LogP) is 14.3. The van der Waals surface area contributed by atoms with Crippen molar-refractivity contribution in [1.82, 2.24) is 14.5 Å². The first kappa shape index (κ1) is 32.8. The third-order valence-corrected chi connectivity index (χ3v) is 13.4. The summed E-state index contributed by atoms with van der Waals surface area (Å²) in [5, 5.41) is 6.84. The van der Waals surface area contributed by atoms with E-state index >= 15 is 0 Å². The first-order valence-electron chi connectivity index (χ1n) is 20.9. The van der Waals surface area contributed by atoms with E-state index in [1.807, 2.05) is 24.3 Å². The zero-order valence-electron chi connectivity index (χ0n) is 32.8. The topological polar surface area (TPSA) is 43.9 Å². The summed E-state index contributed by atoms with van der Waals surface area (Å²) < 4.78 is 8.89. The van der Waals surface area contributed by atoms with Crippen LogP contribution in [0.5, 0.6) is 0 Å². The third-order valence-electron chi connectivity index (χ3n) is 13.4. The normalized spacial score (nSPS) is 13.4. The number of furan rings is 1. The highest BCUT2D eigenvalue weighted by atomic mass is 16.3. The summed E-state index contributed by atoms with van der Waals surface area (Å²) in [4.78, 5) is 10.5. The van der Waals surface area contributed by atoms with Gasteiger partial charge in [0.05, 0.1) is 27.5 Å². The summed E-state index contributed by atoms with van der Waals surface area (Å²) in [7, 11) is 0. The van der Waals surface area contributed by atoms with Gasteiger partial charge in [0.25, 0.3) is 0 Å². The fourth-order valence-corrected chi connectivity index (χ4v) is 11.0. The van der Waals surface area contributed by atoms with E-state index in [0.29, 0.717) is 11.5 Å². The number of hydrogen-bond donors (Lipinski definition) is 0. The third kappa shape index (κ3) is 4.28. The molecule has 0 N–H and O–H groups in total. The van der Waals surface area contributed by atoms with Gasteiger partial charge in [0, 0.05) is 33.0 Å². The molecule has 0 aliphatic heterocycles. The van der Waals surface area contributed by atoms with Crippen LogP contribution in [0, 0.1) is 0 Å². The van der Waals surface area contributed by atoms with E-state index < -0.39 is 5.41 Å². The monoisotopic (exact) mass is 775 g/mol. The smallest absolute Gasteiger partial charge is 0.231 e. The summed E-state index contributed by atoms with van der Waals surface area (Å²) in [5.41, 5.74) is 17.6. The van der Waals surface area contributed by atoms with Crippen molar-refractivity contribution in [3.8, 4) is 50.6 Å². The van der Waals surface area contributed by atoms with Crippen LogP contribution in [0.1, 0.15) is 22.3 Å². The van der Waals surface area contributed by atoms with Crippen molar-refractivity contribution >= 4 is 54.6 Å². The van der Waals surface area contributed by atoms with Gasteiger partial charge in [0.1, 0.15) is 5.58 Å². The molecule has 3 aromatic heterocycles. The molecule has 12 aromatic rings. The van der Waals surface area contributed by atoms with E-state index in [2.05, 4.69) is 180 Å². The minimum Gasteiger partial charge on any atom is -0.438 e. The molecule has 0 bridgehead atoms. The van der Waals surface area contributed by atoms with Gasteiger partial charge in [0.15, 0.2) is 5.82 Å². The lowest BCUT2D eigenvalue weighted by atomic mass is 9.70. The minimum absolute atomic E-state index is 0.483. The van der Waals surface area contributed by atoms with E-state index in [9.17, 15) is 0 Å². The van der Waals surface area contributed by atoms with Crippen molar-refractivity contribution in [2.24, 2.45) is 0 Å². The van der Waals surface area contributed by atoms with Crippen LogP contribution >= 0.6 is 0 Å². The fraction of sp³-hybridized carbons (Fsp3) is 0.0175. The first-order chi connectivity index (χ1) is 30.3. The molecule has 9 aromatic carbocycles. The van der Waals surface area contributed by atoms with Gasteiger partial charge in [-0.1, -0.05) is 164 Å². The molecule has 4 nitrogen and oxygen atoms in total. The molecule has 0 radical (unpaired) electrons. The van der Waals surface area contributed by atoms with Crippen LogP contribution in [0.3, 0.4) is 0 Å². The summed E-state index contributed by atoms with van der Waals surface area (Å²) in [6, 6.07) is 72.7. The van der Waals surface area contributed by atoms with E-state index in [4.69, 9.17) is 14.4 Å². The Morgan fingerprint density at radius 2 is 1.10 bits per heavy atom. The first-order valence-corrected chi connectivity index (χ1v) is 20.9. The summed E-state index contributed by atoms with van der Waals surface area (Å²) >= 11 is 0. The van der Waals surface area contributed by atoms with Gasteiger partial charge in [-0.05, 0) is 91.7 Å². The van der Waals surface area contributed by atoms with E-state index in [1.54, 1.807) is 0 Å². The van der Waals surface area contributed by atoms with Crippen molar-refractivity contribution in [1.29, 1.82) is 0 Å². The lowest BCUT2D eigenvalue weighted by Gasteiger charge is -2.30. The van der Waals surface area contributed by atoms with Crippen LogP contribution in [-0.2, 0) is 5.41 Å². The molecule has 3 heterocycles. The maximum Gasteiger partial charge on any atom is 0.231 e. The molecule has 0 saturated heterocycles. The lowest BCUT2D eigenvalue weighted by molar-refractivity contribution is 0.653. The molecule has 14 rings (SSSR count). The Labute approximate surface area is 350 Å². The number of aromatic nitrogens is 3. The Morgan fingerprint density at radius 1 is 0.426 bits per heavy atom. The van der Waals surface area contributed by atoms with Crippen LogP contribution in [0.4, 0.5) is 0 Å². The predicted molar refractivity (Wildman–Crippen MR) is 248 cm³/mol. The van der Waals surface area contributed by atoms with Gasteiger partial charge < -0.3 is 8.98 Å². The highest BCUT2D eigenvalue weighted by molar-refractivity contribution is 6.16. The SMILES string of the molecule is c1ccc(-c2nc(-c3ccc4c5cc6c(cc5n(-c5ccccc5)c4c3)C3(c4ccccc4-c4ccccc43)c3ccc4ccccc4c3-6)nc3oc4ccccc4c23)cc1. The number of hydrogen-bond acceptors (Lipinski definition) is 3. The molecular weight excluding hydrogens is 743 g/mol. The zero-order valence-corrected chi connectivity index (χ0v) is 32.8. The van der Waals surface area contributed by atoms with Crippen molar-refractivity contribution < 1.29 is 4.42 Å². The molecular formula is C57H33N3O. The van der Waals surface area contributed by atoms with Gasteiger partial charge in [-0.2, -0.15) is 4.98 Å². The molecule has 0 fully saturated rings. The molecule has 0 unspecified atom stereocenters. The fourth-order valence-electron chi connectivity index (χ4n) is 11.0. The van der Waals surface area contributed by atoms with Crippen LogP contribution < -0.4 is 0 Å². The number of nitrogens with zero attached hydrogens (tertiary/aromatic N) is 3. The lowest BCUT2D eigenvalue weighted by Crippen LogP contribution is -2.25. The largest absolute Gasteiger partial charge is 0.438 e. The van der Waals surface area contributed by atoms with Crippen molar-refractivity contribution in [2.45, 2.75) is 5.41 Å². The Kier molecular flexibility index (Phi) is 6.46. The second-order valence-electron chi connectivity index (χ2n) is 16.4. The van der Waals surface area contributed by atoms with Crippen molar-refractivity contribution in [3.05, 3.63) is 222 Å². The maximum absolute atomic E-state index is 6.45. The summed E-state index contributed by atoms with van der Waals surface area (Å²) in [6.45, 7) is 0. The summed E-state index contributed by atoms with van der Waals surface area (Å²) in [5.74, 6) is 0.623. The molecule has 2 aliphatic rings. The Balaban J connectivity index is 1.09. The number of rotatable bonds is 3. The highest BCUT2D eigenvalue weighted by Gasteiger charge is 2.52. The number of fused-ring (bicyclic) bond motifs is 18. The molecule has 0 amide bonds. The van der Waals surface area contributed by atoms with Gasteiger partial charge in [-0.25, -0.2) is 4.98 Å². The molecule has 2 aliphatic carbocycles. The van der Waals surface area contributed by atoms with Gasteiger partial charge in [-0.15, -0.1) is 0 Å². The molecule has 0 saturated carbocycles. The van der Waals surface area contributed by atoms with Gasteiger partial charge in [0.2, 0.25) is 5.71 Å². The zero-order chi connectivity index (χ0) is 39.8. The van der Waals surface area contributed by atoms with Crippen LogP contribution in [0.25, 0.3) is 105 Å². The second kappa shape index (κ2) is 12.0. The molecule has 61 heavy (non-hydrogen) atoms.